The van der Waals surface area contributed by atoms with Crippen molar-refractivity contribution >= 4 is 11.9 Å². The molecule has 5 nitrogen and oxygen atoms in total. The number of hydrogen-bond acceptors (Lipinski definition) is 5. The molecule has 0 aromatic carbocycles. The van der Waals surface area contributed by atoms with Gasteiger partial charge < -0.3 is 14.2 Å². The van der Waals surface area contributed by atoms with Gasteiger partial charge >= 0.3 is 11.9 Å². The van der Waals surface area contributed by atoms with Crippen LogP contribution in [0.25, 0.3) is 0 Å². The average Bonchev–Trinajstić information content (AvgIpc) is 2.85. The molecule has 0 aromatic rings. The molecule has 2 aliphatic heterocycles. The summed E-state index contributed by atoms with van der Waals surface area (Å²) in [7, 11) is 2.56. The molecule has 0 aliphatic carbocycles. The molecule has 0 N–H and O–H groups in total. The fourth-order valence-electron chi connectivity index (χ4n) is 2.48. The van der Waals surface area contributed by atoms with E-state index >= 15 is 0 Å². The Labute approximate surface area is 99.0 Å². The predicted molar refractivity (Wildman–Crippen MR) is 58.0 cm³/mol. The molecule has 4 atom stereocenters. The van der Waals surface area contributed by atoms with Gasteiger partial charge in [-0.25, -0.2) is 0 Å². The number of carbonyl (C=O) groups excluding carboxylic acids is 2. The van der Waals surface area contributed by atoms with Gasteiger partial charge in [-0.1, -0.05) is 13.2 Å². The fourth-order valence-corrected chi connectivity index (χ4v) is 2.48. The van der Waals surface area contributed by atoms with Crippen LogP contribution in [0.5, 0.6) is 0 Å². The lowest BCUT2D eigenvalue weighted by molar-refractivity contribution is -0.156. The minimum Gasteiger partial charge on any atom is -0.469 e. The van der Waals surface area contributed by atoms with Crippen molar-refractivity contribution < 1.29 is 23.8 Å². The molecule has 17 heavy (non-hydrogen) atoms. The number of hydrogen-bond donors (Lipinski definition) is 0. The first-order chi connectivity index (χ1) is 8.02. The molecule has 0 saturated carbocycles. The number of methoxy groups -OCH3 is 2. The molecule has 2 heterocycles. The summed E-state index contributed by atoms with van der Waals surface area (Å²) >= 11 is 0. The van der Waals surface area contributed by atoms with Crippen LogP contribution in [0, 0.1) is 11.8 Å². The first-order valence-electron chi connectivity index (χ1n) is 5.22. The largest absolute Gasteiger partial charge is 0.469 e. The van der Waals surface area contributed by atoms with Gasteiger partial charge in [0.2, 0.25) is 0 Å². The zero-order valence-electron chi connectivity index (χ0n) is 9.76. The zero-order valence-corrected chi connectivity index (χ0v) is 9.76. The molecule has 5 heteroatoms. The van der Waals surface area contributed by atoms with Crippen molar-refractivity contribution in [2.24, 2.45) is 11.8 Å². The van der Waals surface area contributed by atoms with Crippen molar-refractivity contribution in [2.75, 3.05) is 14.2 Å². The summed E-state index contributed by atoms with van der Waals surface area (Å²) in [6.07, 6.45) is -1.05. The Kier molecular flexibility index (Phi) is 2.79. The predicted octanol–water partition coefficient (Wildman–Crippen LogP) is 0.458. The number of esters is 2. The highest BCUT2D eigenvalue weighted by molar-refractivity contribution is 5.86. The molecule has 2 saturated heterocycles. The molecule has 0 spiro atoms. The number of ether oxygens (including phenoxy) is 3. The fraction of sp³-hybridized carbons (Fsp3) is 0.500. The first-order valence-corrected chi connectivity index (χ1v) is 5.22. The van der Waals surface area contributed by atoms with Gasteiger partial charge in [-0.05, 0) is 11.1 Å². The van der Waals surface area contributed by atoms with Crippen LogP contribution in [0.2, 0.25) is 0 Å². The third kappa shape index (κ3) is 1.50. The number of rotatable bonds is 2. The van der Waals surface area contributed by atoms with E-state index in [2.05, 4.69) is 13.2 Å². The van der Waals surface area contributed by atoms with Gasteiger partial charge in [-0.3, -0.25) is 9.59 Å². The van der Waals surface area contributed by atoms with E-state index in [9.17, 15) is 9.59 Å². The maximum absolute atomic E-state index is 11.7. The third-order valence-electron chi connectivity index (χ3n) is 3.38. The van der Waals surface area contributed by atoms with Gasteiger partial charge in [0.1, 0.15) is 11.8 Å². The monoisotopic (exact) mass is 238 g/mol. The Bertz CT molecular complexity index is 373. The van der Waals surface area contributed by atoms with Gasteiger partial charge in [-0.2, -0.15) is 0 Å². The lowest BCUT2D eigenvalue weighted by atomic mass is 9.75. The summed E-state index contributed by atoms with van der Waals surface area (Å²) in [6, 6.07) is 0. The van der Waals surface area contributed by atoms with Crippen LogP contribution in [0.4, 0.5) is 0 Å². The highest BCUT2D eigenvalue weighted by Crippen LogP contribution is 2.49. The molecule has 2 fully saturated rings. The van der Waals surface area contributed by atoms with Gasteiger partial charge in [0.05, 0.1) is 26.4 Å². The number of fused-ring (bicyclic) bond motifs is 2. The lowest BCUT2D eigenvalue weighted by Crippen LogP contribution is -2.41. The van der Waals surface area contributed by atoms with Crippen molar-refractivity contribution in [3.63, 3.8) is 0 Å². The van der Waals surface area contributed by atoms with Crippen molar-refractivity contribution in [1.29, 1.82) is 0 Å². The molecule has 0 radical (unpaired) electrons. The van der Waals surface area contributed by atoms with E-state index < -0.39 is 36.0 Å². The highest BCUT2D eigenvalue weighted by Gasteiger charge is 2.59. The Morgan fingerprint density at radius 3 is 1.65 bits per heavy atom. The lowest BCUT2D eigenvalue weighted by Gasteiger charge is -2.26. The molecule has 0 unspecified atom stereocenters. The van der Waals surface area contributed by atoms with Gasteiger partial charge in [-0.15, -0.1) is 0 Å². The Balaban J connectivity index is 2.36. The topological polar surface area (TPSA) is 61.8 Å². The van der Waals surface area contributed by atoms with E-state index in [-0.39, 0.29) is 0 Å². The zero-order chi connectivity index (χ0) is 12.7. The second kappa shape index (κ2) is 4.00. The maximum Gasteiger partial charge on any atom is 0.312 e. The van der Waals surface area contributed by atoms with E-state index in [1.807, 2.05) is 0 Å². The third-order valence-corrected chi connectivity index (χ3v) is 3.38. The van der Waals surface area contributed by atoms with E-state index in [4.69, 9.17) is 14.2 Å². The van der Waals surface area contributed by atoms with Gasteiger partial charge in [0.15, 0.2) is 0 Å². The molecule has 2 bridgehead atoms. The van der Waals surface area contributed by atoms with E-state index in [0.29, 0.717) is 11.1 Å². The van der Waals surface area contributed by atoms with Crippen molar-refractivity contribution in [1.82, 2.24) is 0 Å². The van der Waals surface area contributed by atoms with Crippen molar-refractivity contribution in [3.8, 4) is 0 Å². The van der Waals surface area contributed by atoms with Crippen LogP contribution in [-0.2, 0) is 23.8 Å². The minimum absolute atomic E-state index is 0.485. The summed E-state index contributed by atoms with van der Waals surface area (Å²) in [5.41, 5.74) is 1.32. The quantitative estimate of drug-likeness (QED) is 0.654. The van der Waals surface area contributed by atoms with Crippen molar-refractivity contribution in [2.45, 2.75) is 12.2 Å². The average molecular weight is 238 g/mol. The van der Waals surface area contributed by atoms with Crippen LogP contribution in [0.15, 0.2) is 24.3 Å². The Hall–Kier alpha value is -1.62. The SMILES string of the molecule is C=C1C(=C)[C@@H]2O[C@H]1[C@H](C(=O)OC)[C@@H]2C(=O)OC. The molecular formula is C12H14O5. The minimum atomic E-state index is -0.685. The molecule has 92 valence electrons. The molecule has 0 aromatic heterocycles. The van der Waals surface area contributed by atoms with Crippen molar-refractivity contribution in [3.05, 3.63) is 24.3 Å². The summed E-state index contributed by atoms with van der Waals surface area (Å²) < 4.78 is 15.0. The summed E-state index contributed by atoms with van der Waals surface area (Å²) in [5.74, 6) is -2.34. The summed E-state index contributed by atoms with van der Waals surface area (Å²) in [5, 5.41) is 0. The van der Waals surface area contributed by atoms with Crippen LogP contribution < -0.4 is 0 Å². The standard InChI is InChI=1S/C12H14O5/c1-5-6(2)10-8(12(14)16-4)7(9(5)17-10)11(13)15-3/h7-10H,1-2H2,3-4H3/t7-,8+,9-,10+. The Morgan fingerprint density at radius 2 is 1.35 bits per heavy atom. The summed E-state index contributed by atoms with van der Waals surface area (Å²) in [6.45, 7) is 7.64. The second-order valence-corrected chi connectivity index (χ2v) is 4.13. The van der Waals surface area contributed by atoms with Crippen LogP contribution >= 0.6 is 0 Å². The number of carbonyl (C=O) groups is 2. The van der Waals surface area contributed by atoms with Crippen LogP contribution in [0.3, 0.4) is 0 Å². The van der Waals surface area contributed by atoms with Crippen LogP contribution in [0.1, 0.15) is 0 Å². The molecule has 2 rings (SSSR count). The second-order valence-electron chi connectivity index (χ2n) is 4.13. The van der Waals surface area contributed by atoms with E-state index in [0.717, 1.165) is 0 Å². The normalized spacial score (nSPS) is 34.9. The molecular weight excluding hydrogens is 224 g/mol. The molecule has 0 amide bonds. The smallest absolute Gasteiger partial charge is 0.312 e. The van der Waals surface area contributed by atoms with Gasteiger partial charge in [0.25, 0.3) is 0 Å². The molecule has 2 aliphatic rings. The van der Waals surface area contributed by atoms with Crippen LogP contribution in [-0.4, -0.2) is 38.4 Å². The van der Waals surface area contributed by atoms with E-state index in [1.54, 1.807) is 0 Å². The maximum atomic E-state index is 11.7. The van der Waals surface area contributed by atoms with Gasteiger partial charge in [0, 0.05) is 0 Å². The highest BCUT2D eigenvalue weighted by atomic mass is 16.6. The summed E-state index contributed by atoms with van der Waals surface area (Å²) in [4.78, 5) is 23.4. The van der Waals surface area contributed by atoms with E-state index in [1.165, 1.54) is 14.2 Å². The first kappa shape index (κ1) is 11.9. The Morgan fingerprint density at radius 1 is 1.00 bits per heavy atom.